The van der Waals surface area contributed by atoms with Crippen molar-refractivity contribution in [2.24, 2.45) is 5.92 Å². The Kier molecular flexibility index (Phi) is 3.91. The molecule has 3 heterocycles. The lowest BCUT2D eigenvalue weighted by atomic mass is 9.99. The second kappa shape index (κ2) is 6.35. The number of hydrogen-bond acceptors (Lipinski definition) is 4. The number of pyridine rings is 1. The number of fused-ring (bicyclic) bond motifs is 1. The van der Waals surface area contributed by atoms with Gasteiger partial charge in [0.15, 0.2) is 0 Å². The summed E-state index contributed by atoms with van der Waals surface area (Å²) in [5, 5.41) is 8.68. The van der Waals surface area contributed by atoms with Crippen LogP contribution in [0, 0.1) is 5.92 Å². The molecular weight excluding hydrogens is 300 g/mol. The Labute approximate surface area is 140 Å². The number of carbonyl (C=O) groups excluding carboxylic acids is 1. The second-order valence-electron chi connectivity index (χ2n) is 6.28. The molecule has 1 aliphatic rings. The first-order valence-corrected chi connectivity index (χ1v) is 8.19. The first kappa shape index (κ1) is 14.8. The van der Waals surface area contributed by atoms with E-state index in [-0.39, 0.29) is 5.91 Å². The Morgan fingerprint density at radius 1 is 1.17 bits per heavy atom. The summed E-state index contributed by atoms with van der Waals surface area (Å²) in [6.07, 6.45) is 7.03. The van der Waals surface area contributed by atoms with E-state index in [4.69, 9.17) is 0 Å². The van der Waals surface area contributed by atoms with Crippen LogP contribution in [-0.2, 0) is 6.42 Å². The summed E-state index contributed by atoms with van der Waals surface area (Å²) >= 11 is 0. The summed E-state index contributed by atoms with van der Waals surface area (Å²) in [6.45, 7) is 1.58. The van der Waals surface area contributed by atoms with Gasteiger partial charge >= 0.3 is 0 Å². The topological polar surface area (TPSA) is 59.0 Å². The van der Waals surface area contributed by atoms with Crippen molar-refractivity contribution in [1.29, 1.82) is 0 Å². The Morgan fingerprint density at radius 2 is 2.08 bits per heavy atom. The maximum absolute atomic E-state index is 12.5. The molecule has 1 aliphatic heterocycles. The molecule has 1 fully saturated rings. The molecule has 0 aliphatic carbocycles. The van der Waals surface area contributed by atoms with Gasteiger partial charge in [0.1, 0.15) is 0 Å². The van der Waals surface area contributed by atoms with E-state index in [1.807, 2.05) is 29.3 Å². The Morgan fingerprint density at radius 3 is 2.96 bits per heavy atom. The van der Waals surface area contributed by atoms with Gasteiger partial charge in [0.2, 0.25) is 0 Å². The Hall–Kier alpha value is -2.82. The van der Waals surface area contributed by atoms with E-state index in [1.54, 1.807) is 12.3 Å². The molecule has 24 heavy (non-hydrogen) atoms. The summed E-state index contributed by atoms with van der Waals surface area (Å²) in [5.74, 6) is 0.524. The van der Waals surface area contributed by atoms with Crippen LogP contribution in [0.4, 0.5) is 0 Å². The van der Waals surface area contributed by atoms with E-state index in [1.165, 1.54) is 17.1 Å². The molecular formula is C19H18N4O. The zero-order valence-electron chi connectivity index (χ0n) is 13.3. The maximum atomic E-state index is 12.5. The van der Waals surface area contributed by atoms with Crippen LogP contribution in [0.5, 0.6) is 0 Å². The number of rotatable bonds is 3. The summed E-state index contributed by atoms with van der Waals surface area (Å²) in [6, 6.07) is 12.1. The molecule has 1 aromatic carbocycles. The molecule has 3 aromatic rings. The van der Waals surface area contributed by atoms with E-state index in [9.17, 15) is 4.79 Å². The average molecular weight is 318 g/mol. The van der Waals surface area contributed by atoms with Gasteiger partial charge < -0.3 is 4.90 Å². The molecule has 1 saturated heterocycles. The maximum Gasteiger partial charge on any atom is 0.255 e. The van der Waals surface area contributed by atoms with Gasteiger partial charge in [-0.3, -0.25) is 9.78 Å². The van der Waals surface area contributed by atoms with Crippen molar-refractivity contribution in [1.82, 2.24) is 20.1 Å². The van der Waals surface area contributed by atoms with Crippen molar-refractivity contribution in [3.8, 4) is 0 Å². The largest absolute Gasteiger partial charge is 0.338 e. The number of aromatic nitrogens is 3. The number of nitrogens with zero attached hydrogens (tertiary/aromatic N) is 4. The molecule has 5 nitrogen and oxygen atoms in total. The van der Waals surface area contributed by atoms with Crippen LogP contribution in [0.1, 0.15) is 22.3 Å². The standard InChI is InChI=1S/C19H18N4O/c24-19(17-5-7-21-22-12-17)23-8-6-14(13-23)9-15-10-16-3-1-2-4-18(16)20-11-15/h1-5,7,10-12,14H,6,8-9,13H2. The molecule has 0 bridgehead atoms. The lowest BCUT2D eigenvalue weighted by Gasteiger charge is -2.16. The summed E-state index contributed by atoms with van der Waals surface area (Å²) in [5.41, 5.74) is 2.87. The number of amides is 1. The number of para-hydroxylation sites is 1. The smallest absolute Gasteiger partial charge is 0.255 e. The molecule has 0 radical (unpaired) electrons. The second-order valence-corrected chi connectivity index (χ2v) is 6.28. The van der Waals surface area contributed by atoms with Crippen LogP contribution >= 0.6 is 0 Å². The van der Waals surface area contributed by atoms with Crippen molar-refractivity contribution < 1.29 is 4.79 Å². The highest BCUT2D eigenvalue weighted by molar-refractivity contribution is 5.93. The van der Waals surface area contributed by atoms with Gasteiger partial charge in [-0.2, -0.15) is 10.2 Å². The molecule has 0 saturated carbocycles. The van der Waals surface area contributed by atoms with Crippen molar-refractivity contribution in [2.75, 3.05) is 13.1 Å². The minimum absolute atomic E-state index is 0.0454. The zero-order chi connectivity index (χ0) is 16.4. The van der Waals surface area contributed by atoms with Crippen LogP contribution in [0.3, 0.4) is 0 Å². The Bertz CT molecular complexity index is 865. The Balaban J connectivity index is 1.44. The molecule has 1 amide bonds. The van der Waals surface area contributed by atoms with Gasteiger partial charge in [0.25, 0.3) is 5.91 Å². The fraction of sp³-hybridized carbons (Fsp3) is 0.263. The zero-order valence-corrected chi connectivity index (χ0v) is 13.3. The van der Waals surface area contributed by atoms with Gasteiger partial charge in [-0.1, -0.05) is 18.2 Å². The van der Waals surface area contributed by atoms with Crippen LogP contribution in [0.25, 0.3) is 10.9 Å². The SMILES string of the molecule is O=C(c1ccnnc1)N1CCC(Cc2cnc3ccccc3c2)C1. The van der Waals surface area contributed by atoms with E-state index < -0.39 is 0 Å². The van der Waals surface area contributed by atoms with Gasteiger partial charge in [0, 0.05) is 24.7 Å². The summed E-state index contributed by atoms with van der Waals surface area (Å²) in [7, 11) is 0. The first-order chi connectivity index (χ1) is 11.8. The molecule has 5 heteroatoms. The van der Waals surface area contributed by atoms with Crippen molar-refractivity contribution in [2.45, 2.75) is 12.8 Å². The van der Waals surface area contributed by atoms with Crippen LogP contribution in [0.2, 0.25) is 0 Å². The summed E-state index contributed by atoms with van der Waals surface area (Å²) in [4.78, 5) is 18.9. The third kappa shape index (κ3) is 2.97. The number of carbonyl (C=O) groups is 1. The highest BCUT2D eigenvalue weighted by atomic mass is 16.2. The summed E-state index contributed by atoms with van der Waals surface area (Å²) < 4.78 is 0. The monoisotopic (exact) mass is 318 g/mol. The van der Waals surface area contributed by atoms with Crippen LogP contribution < -0.4 is 0 Å². The fourth-order valence-electron chi connectivity index (χ4n) is 3.35. The lowest BCUT2D eigenvalue weighted by Crippen LogP contribution is -2.29. The van der Waals surface area contributed by atoms with Crippen LogP contribution in [0.15, 0.2) is 55.0 Å². The number of likely N-dealkylation sites (tertiary alicyclic amines) is 1. The minimum atomic E-state index is 0.0454. The molecule has 120 valence electrons. The molecule has 2 aromatic heterocycles. The highest BCUT2D eigenvalue weighted by Gasteiger charge is 2.27. The van der Waals surface area contributed by atoms with Gasteiger partial charge in [-0.05, 0) is 42.5 Å². The predicted octanol–water partition coefficient (Wildman–Crippen LogP) is 2.73. The third-order valence-electron chi connectivity index (χ3n) is 4.58. The average Bonchev–Trinajstić information content (AvgIpc) is 3.10. The van der Waals surface area contributed by atoms with Gasteiger partial charge in [0.05, 0.1) is 23.5 Å². The molecule has 1 unspecified atom stereocenters. The van der Waals surface area contributed by atoms with E-state index in [0.717, 1.165) is 31.4 Å². The molecule has 0 spiro atoms. The van der Waals surface area contributed by atoms with Crippen molar-refractivity contribution >= 4 is 16.8 Å². The van der Waals surface area contributed by atoms with E-state index in [2.05, 4.69) is 27.3 Å². The quantitative estimate of drug-likeness (QED) is 0.745. The first-order valence-electron chi connectivity index (χ1n) is 8.19. The van der Waals surface area contributed by atoms with Crippen molar-refractivity contribution in [3.05, 3.63) is 66.1 Å². The predicted molar refractivity (Wildman–Crippen MR) is 91.5 cm³/mol. The number of hydrogen-bond donors (Lipinski definition) is 0. The lowest BCUT2D eigenvalue weighted by molar-refractivity contribution is 0.0786. The van der Waals surface area contributed by atoms with Crippen LogP contribution in [-0.4, -0.2) is 39.1 Å². The van der Waals surface area contributed by atoms with Gasteiger partial charge in [-0.25, -0.2) is 0 Å². The van der Waals surface area contributed by atoms with Crippen molar-refractivity contribution in [3.63, 3.8) is 0 Å². The fourth-order valence-corrected chi connectivity index (χ4v) is 3.35. The van der Waals surface area contributed by atoms with Gasteiger partial charge in [-0.15, -0.1) is 0 Å². The molecule has 1 atom stereocenters. The molecule has 4 rings (SSSR count). The normalized spacial score (nSPS) is 17.3. The highest BCUT2D eigenvalue weighted by Crippen LogP contribution is 2.23. The number of benzene rings is 1. The molecule has 0 N–H and O–H groups in total. The van der Waals surface area contributed by atoms with E-state index in [0.29, 0.717) is 11.5 Å². The minimum Gasteiger partial charge on any atom is -0.338 e. The van der Waals surface area contributed by atoms with E-state index >= 15 is 0 Å². The third-order valence-corrected chi connectivity index (χ3v) is 4.58.